The van der Waals surface area contributed by atoms with E-state index in [1.807, 2.05) is 43.3 Å². The molecule has 0 saturated carbocycles. The van der Waals surface area contributed by atoms with E-state index in [-0.39, 0.29) is 6.23 Å². The summed E-state index contributed by atoms with van der Waals surface area (Å²) in [5.74, 6) is 1.73. The van der Waals surface area contributed by atoms with Gasteiger partial charge in [-0.3, -0.25) is 0 Å². The largest absolute Gasteiger partial charge is 0.497 e. The standard InChI is InChI=1S/C22H24N2O3/c1-3-26-21-9-4-6-18(14-21)23-11-10-17(16-23)22-24(12-13-27-22)19-7-5-8-20(15-19)25-2/h4-11,14-16,22H,3,12-13H2,1-2H3. The fraction of sp³-hybridized carbons (Fsp3) is 0.273. The number of ether oxygens (including phenoxy) is 3. The molecule has 0 amide bonds. The van der Waals surface area contributed by atoms with Crippen LogP contribution in [0.25, 0.3) is 5.69 Å². The molecule has 1 saturated heterocycles. The first-order chi connectivity index (χ1) is 13.3. The minimum atomic E-state index is -0.103. The first kappa shape index (κ1) is 17.5. The summed E-state index contributed by atoms with van der Waals surface area (Å²) in [5.41, 5.74) is 3.29. The molecule has 0 N–H and O–H groups in total. The van der Waals surface area contributed by atoms with Gasteiger partial charge in [0, 0.05) is 48.0 Å². The summed E-state index contributed by atoms with van der Waals surface area (Å²) in [6.45, 7) is 4.20. The van der Waals surface area contributed by atoms with Crippen molar-refractivity contribution in [1.29, 1.82) is 0 Å². The third-order valence-electron chi connectivity index (χ3n) is 4.70. The Kier molecular flexibility index (Phi) is 5.03. The van der Waals surface area contributed by atoms with Gasteiger partial charge < -0.3 is 23.7 Å². The second kappa shape index (κ2) is 7.76. The minimum Gasteiger partial charge on any atom is -0.497 e. The van der Waals surface area contributed by atoms with Crippen LogP contribution in [0.1, 0.15) is 18.7 Å². The van der Waals surface area contributed by atoms with Crippen LogP contribution in [0.2, 0.25) is 0 Å². The molecule has 1 aliphatic heterocycles. The molecule has 0 radical (unpaired) electrons. The van der Waals surface area contributed by atoms with Crippen molar-refractivity contribution in [3.8, 4) is 17.2 Å². The maximum atomic E-state index is 6.04. The van der Waals surface area contributed by atoms with E-state index in [1.54, 1.807) is 7.11 Å². The molecule has 1 fully saturated rings. The van der Waals surface area contributed by atoms with Crippen LogP contribution >= 0.6 is 0 Å². The van der Waals surface area contributed by atoms with Gasteiger partial charge in [-0.15, -0.1) is 0 Å². The van der Waals surface area contributed by atoms with Crippen molar-refractivity contribution in [1.82, 2.24) is 4.57 Å². The minimum absolute atomic E-state index is 0.103. The molecule has 1 aliphatic rings. The van der Waals surface area contributed by atoms with E-state index >= 15 is 0 Å². The van der Waals surface area contributed by atoms with E-state index < -0.39 is 0 Å². The SMILES string of the molecule is CCOc1cccc(-n2ccc(C3OCCN3c3cccc(OC)c3)c2)c1. The van der Waals surface area contributed by atoms with Gasteiger partial charge in [-0.25, -0.2) is 0 Å². The summed E-state index contributed by atoms with van der Waals surface area (Å²) >= 11 is 0. The smallest absolute Gasteiger partial charge is 0.158 e. The van der Waals surface area contributed by atoms with Gasteiger partial charge in [0.15, 0.2) is 6.23 Å². The lowest BCUT2D eigenvalue weighted by Crippen LogP contribution is -2.22. The second-order valence-electron chi connectivity index (χ2n) is 6.40. The van der Waals surface area contributed by atoms with Gasteiger partial charge >= 0.3 is 0 Å². The Morgan fingerprint density at radius 3 is 2.63 bits per heavy atom. The van der Waals surface area contributed by atoms with Crippen molar-refractivity contribution >= 4 is 5.69 Å². The first-order valence-corrected chi connectivity index (χ1v) is 9.22. The Labute approximate surface area is 159 Å². The van der Waals surface area contributed by atoms with Crippen LogP contribution in [0, 0.1) is 0 Å². The van der Waals surface area contributed by atoms with Gasteiger partial charge in [-0.2, -0.15) is 0 Å². The normalized spacial score (nSPS) is 16.5. The van der Waals surface area contributed by atoms with Crippen molar-refractivity contribution in [3.05, 3.63) is 72.6 Å². The van der Waals surface area contributed by atoms with Crippen molar-refractivity contribution in [2.24, 2.45) is 0 Å². The van der Waals surface area contributed by atoms with Crippen LogP contribution in [0.5, 0.6) is 11.5 Å². The molecule has 2 heterocycles. The monoisotopic (exact) mass is 364 g/mol. The molecule has 5 nitrogen and oxygen atoms in total. The van der Waals surface area contributed by atoms with Crippen molar-refractivity contribution in [2.75, 3.05) is 31.8 Å². The van der Waals surface area contributed by atoms with E-state index in [2.05, 4.69) is 40.1 Å². The topological polar surface area (TPSA) is 35.9 Å². The number of nitrogens with zero attached hydrogens (tertiary/aromatic N) is 2. The quantitative estimate of drug-likeness (QED) is 0.649. The first-order valence-electron chi connectivity index (χ1n) is 9.22. The molecule has 0 spiro atoms. The number of aromatic nitrogens is 1. The summed E-state index contributed by atoms with van der Waals surface area (Å²) in [4.78, 5) is 2.26. The highest BCUT2D eigenvalue weighted by atomic mass is 16.5. The molecule has 1 atom stereocenters. The van der Waals surface area contributed by atoms with Crippen molar-refractivity contribution in [3.63, 3.8) is 0 Å². The molecule has 0 bridgehead atoms. The van der Waals surface area contributed by atoms with E-state index in [1.165, 1.54) is 0 Å². The molecule has 140 valence electrons. The van der Waals surface area contributed by atoms with Crippen LogP contribution in [-0.4, -0.2) is 31.4 Å². The number of rotatable bonds is 6. The predicted molar refractivity (Wildman–Crippen MR) is 106 cm³/mol. The van der Waals surface area contributed by atoms with Gasteiger partial charge in [0.05, 0.1) is 20.3 Å². The highest BCUT2D eigenvalue weighted by Crippen LogP contribution is 2.34. The molecule has 4 rings (SSSR count). The molecule has 5 heteroatoms. The fourth-order valence-corrected chi connectivity index (χ4v) is 3.42. The number of anilines is 1. The predicted octanol–water partition coefficient (Wildman–Crippen LogP) is 4.42. The summed E-state index contributed by atoms with van der Waals surface area (Å²) in [5, 5.41) is 0. The molecule has 27 heavy (non-hydrogen) atoms. The molecule has 1 aromatic heterocycles. The Bertz CT molecular complexity index is 906. The second-order valence-corrected chi connectivity index (χ2v) is 6.40. The zero-order valence-corrected chi connectivity index (χ0v) is 15.7. The van der Waals surface area contributed by atoms with Gasteiger partial charge in [0.25, 0.3) is 0 Å². The van der Waals surface area contributed by atoms with Gasteiger partial charge in [-0.05, 0) is 37.3 Å². The third kappa shape index (κ3) is 3.64. The highest BCUT2D eigenvalue weighted by Gasteiger charge is 2.28. The van der Waals surface area contributed by atoms with Crippen LogP contribution in [0.15, 0.2) is 67.0 Å². The Hall–Kier alpha value is -2.92. The third-order valence-corrected chi connectivity index (χ3v) is 4.70. The summed E-state index contributed by atoms with van der Waals surface area (Å²) < 4.78 is 19.1. The van der Waals surface area contributed by atoms with Gasteiger partial charge in [0.2, 0.25) is 0 Å². The molecular weight excluding hydrogens is 340 g/mol. The average molecular weight is 364 g/mol. The Morgan fingerprint density at radius 1 is 1.04 bits per heavy atom. The zero-order valence-electron chi connectivity index (χ0n) is 15.7. The lowest BCUT2D eigenvalue weighted by Gasteiger charge is -2.25. The van der Waals surface area contributed by atoms with E-state index in [4.69, 9.17) is 14.2 Å². The van der Waals surface area contributed by atoms with Crippen molar-refractivity contribution in [2.45, 2.75) is 13.2 Å². The number of hydrogen-bond acceptors (Lipinski definition) is 4. The Morgan fingerprint density at radius 2 is 1.81 bits per heavy atom. The van der Waals surface area contributed by atoms with E-state index in [0.717, 1.165) is 35.0 Å². The number of methoxy groups -OCH3 is 1. The van der Waals surface area contributed by atoms with E-state index in [0.29, 0.717) is 13.2 Å². The van der Waals surface area contributed by atoms with Crippen LogP contribution in [0.4, 0.5) is 5.69 Å². The maximum Gasteiger partial charge on any atom is 0.158 e. The van der Waals surface area contributed by atoms with Crippen LogP contribution < -0.4 is 14.4 Å². The van der Waals surface area contributed by atoms with Crippen LogP contribution in [-0.2, 0) is 4.74 Å². The molecule has 1 unspecified atom stereocenters. The zero-order chi connectivity index (χ0) is 18.6. The number of hydrogen-bond donors (Lipinski definition) is 0. The fourth-order valence-electron chi connectivity index (χ4n) is 3.42. The maximum absolute atomic E-state index is 6.04. The summed E-state index contributed by atoms with van der Waals surface area (Å²) in [6.07, 6.45) is 4.08. The van der Waals surface area contributed by atoms with E-state index in [9.17, 15) is 0 Å². The molecular formula is C22H24N2O3. The summed E-state index contributed by atoms with van der Waals surface area (Å²) in [7, 11) is 1.69. The van der Waals surface area contributed by atoms with Crippen molar-refractivity contribution < 1.29 is 14.2 Å². The molecule has 0 aliphatic carbocycles. The molecule has 2 aromatic carbocycles. The van der Waals surface area contributed by atoms with Crippen LogP contribution in [0.3, 0.4) is 0 Å². The number of benzene rings is 2. The average Bonchev–Trinajstić information content (AvgIpc) is 3.38. The van der Waals surface area contributed by atoms with Gasteiger partial charge in [-0.1, -0.05) is 12.1 Å². The summed E-state index contributed by atoms with van der Waals surface area (Å²) in [6, 6.07) is 18.3. The lowest BCUT2D eigenvalue weighted by molar-refractivity contribution is 0.114. The van der Waals surface area contributed by atoms with Gasteiger partial charge in [0.1, 0.15) is 11.5 Å². The highest BCUT2D eigenvalue weighted by molar-refractivity contribution is 5.53. The molecule has 3 aromatic rings. The Balaban J connectivity index is 1.59. The lowest BCUT2D eigenvalue weighted by atomic mass is 10.2.